The zero-order valence-corrected chi connectivity index (χ0v) is 19.2. The van der Waals surface area contributed by atoms with E-state index >= 15 is 0 Å². The van der Waals surface area contributed by atoms with Crippen LogP contribution in [0.15, 0.2) is 41.4 Å². The van der Waals surface area contributed by atoms with E-state index in [1.165, 1.54) is 11.1 Å². The highest BCUT2D eigenvalue weighted by Gasteiger charge is 2.12. The van der Waals surface area contributed by atoms with Crippen molar-refractivity contribution in [2.24, 2.45) is 4.99 Å². The minimum absolute atomic E-state index is 0. The fourth-order valence-electron chi connectivity index (χ4n) is 2.55. The normalized spacial score (nSPS) is 10.8. The Bertz CT molecular complexity index is 769. The lowest BCUT2D eigenvalue weighted by atomic mass is 10.1. The van der Waals surface area contributed by atoms with E-state index in [-0.39, 0.29) is 24.0 Å². The molecule has 0 radical (unpaired) electrons. The van der Waals surface area contributed by atoms with Crippen molar-refractivity contribution in [3.8, 4) is 11.5 Å². The van der Waals surface area contributed by atoms with Crippen LogP contribution in [0, 0.1) is 6.92 Å². The van der Waals surface area contributed by atoms with Gasteiger partial charge in [0.25, 0.3) is 0 Å². The second-order valence-electron chi connectivity index (χ2n) is 5.75. The van der Waals surface area contributed by atoms with E-state index in [9.17, 15) is 0 Å². The van der Waals surface area contributed by atoms with Crippen LogP contribution in [-0.4, -0.2) is 26.7 Å². The van der Waals surface area contributed by atoms with Gasteiger partial charge < -0.3 is 20.1 Å². The first-order valence-corrected chi connectivity index (χ1v) is 8.95. The molecule has 0 heterocycles. The first kappa shape index (κ1) is 23.4. The number of guanidine groups is 1. The van der Waals surface area contributed by atoms with E-state index in [4.69, 9.17) is 21.1 Å². The summed E-state index contributed by atoms with van der Waals surface area (Å²) in [6.07, 6.45) is 0. The van der Waals surface area contributed by atoms with E-state index in [1.54, 1.807) is 14.2 Å². The topological polar surface area (TPSA) is 54.9 Å². The maximum atomic E-state index is 6.32. The first-order chi connectivity index (χ1) is 12.6. The number of rotatable bonds is 7. The summed E-state index contributed by atoms with van der Waals surface area (Å²) >= 11 is 6.32. The predicted octanol–water partition coefficient (Wildman–Crippen LogP) is 4.54. The van der Waals surface area contributed by atoms with Gasteiger partial charge in [0.05, 0.1) is 18.7 Å². The zero-order valence-electron chi connectivity index (χ0n) is 16.1. The number of benzene rings is 2. The second-order valence-corrected chi connectivity index (χ2v) is 6.16. The third-order valence-corrected chi connectivity index (χ3v) is 4.25. The molecule has 0 aliphatic rings. The molecule has 0 aliphatic heterocycles. The van der Waals surface area contributed by atoms with Crippen LogP contribution in [0.25, 0.3) is 0 Å². The van der Waals surface area contributed by atoms with Gasteiger partial charge in [0, 0.05) is 20.1 Å². The molecular formula is C20H27ClIN3O2. The molecule has 0 saturated heterocycles. The van der Waals surface area contributed by atoms with Crippen LogP contribution >= 0.6 is 35.6 Å². The maximum absolute atomic E-state index is 6.32. The van der Waals surface area contributed by atoms with Gasteiger partial charge in [0.2, 0.25) is 0 Å². The van der Waals surface area contributed by atoms with Crippen molar-refractivity contribution in [1.82, 2.24) is 10.6 Å². The lowest BCUT2D eigenvalue weighted by Gasteiger charge is -2.15. The van der Waals surface area contributed by atoms with Gasteiger partial charge >= 0.3 is 0 Å². The molecule has 2 rings (SSSR count). The van der Waals surface area contributed by atoms with E-state index in [0.29, 0.717) is 36.2 Å². The molecule has 5 nitrogen and oxygen atoms in total. The average Bonchev–Trinajstić information content (AvgIpc) is 2.65. The van der Waals surface area contributed by atoms with Gasteiger partial charge in [-0.2, -0.15) is 0 Å². The van der Waals surface area contributed by atoms with E-state index in [0.717, 1.165) is 11.5 Å². The SMILES string of the molecule is CCOc1c(Cl)cc(CNC(=NC)NCc2ccccc2C)cc1OC.I. The minimum Gasteiger partial charge on any atom is -0.493 e. The molecule has 7 heteroatoms. The van der Waals surface area contributed by atoms with Gasteiger partial charge in [0.15, 0.2) is 17.5 Å². The lowest BCUT2D eigenvalue weighted by Crippen LogP contribution is -2.36. The predicted molar refractivity (Wildman–Crippen MR) is 123 cm³/mol. The number of nitrogens with one attached hydrogen (secondary N) is 2. The van der Waals surface area contributed by atoms with E-state index in [1.807, 2.05) is 31.2 Å². The Balaban J connectivity index is 0.00000364. The van der Waals surface area contributed by atoms with Crippen LogP contribution in [0.5, 0.6) is 11.5 Å². The van der Waals surface area contributed by atoms with Gasteiger partial charge in [-0.15, -0.1) is 24.0 Å². The highest BCUT2D eigenvalue weighted by atomic mass is 127. The first-order valence-electron chi connectivity index (χ1n) is 8.57. The van der Waals surface area contributed by atoms with Crippen molar-refractivity contribution in [1.29, 1.82) is 0 Å². The molecule has 0 aromatic heterocycles. The number of nitrogens with zero attached hydrogens (tertiary/aromatic N) is 1. The van der Waals surface area contributed by atoms with Gasteiger partial charge in [-0.05, 0) is 42.7 Å². The van der Waals surface area contributed by atoms with Gasteiger partial charge in [-0.1, -0.05) is 35.9 Å². The molecule has 0 saturated carbocycles. The molecule has 0 amide bonds. The number of aryl methyl sites for hydroxylation is 1. The fraction of sp³-hybridized carbons (Fsp3) is 0.350. The monoisotopic (exact) mass is 503 g/mol. The zero-order chi connectivity index (χ0) is 18.9. The van der Waals surface area contributed by atoms with Crippen molar-refractivity contribution < 1.29 is 9.47 Å². The quantitative estimate of drug-likeness (QED) is 0.331. The Hall–Kier alpha value is -1.67. The summed E-state index contributed by atoms with van der Waals surface area (Å²) in [5.41, 5.74) is 3.47. The largest absolute Gasteiger partial charge is 0.493 e. The maximum Gasteiger partial charge on any atom is 0.191 e. The molecule has 148 valence electrons. The summed E-state index contributed by atoms with van der Waals surface area (Å²) in [5, 5.41) is 7.14. The Morgan fingerprint density at radius 2 is 1.85 bits per heavy atom. The Kier molecular flexibility index (Phi) is 10.3. The van der Waals surface area contributed by atoms with Crippen molar-refractivity contribution in [2.75, 3.05) is 20.8 Å². The molecule has 0 unspecified atom stereocenters. The van der Waals surface area contributed by atoms with Gasteiger partial charge in [-0.3, -0.25) is 4.99 Å². The molecule has 0 fully saturated rings. The summed E-state index contributed by atoms with van der Waals surface area (Å²) in [6.45, 7) is 5.82. The van der Waals surface area contributed by atoms with Crippen molar-refractivity contribution in [2.45, 2.75) is 26.9 Å². The molecule has 0 bridgehead atoms. The number of ether oxygens (including phenoxy) is 2. The summed E-state index contributed by atoms with van der Waals surface area (Å²) < 4.78 is 10.9. The lowest BCUT2D eigenvalue weighted by molar-refractivity contribution is 0.311. The van der Waals surface area contributed by atoms with Crippen LogP contribution in [0.4, 0.5) is 0 Å². The Morgan fingerprint density at radius 1 is 1.15 bits per heavy atom. The molecule has 0 spiro atoms. The highest BCUT2D eigenvalue weighted by molar-refractivity contribution is 14.0. The summed E-state index contributed by atoms with van der Waals surface area (Å²) in [5.74, 6) is 1.92. The van der Waals surface area contributed by atoms with Crippen LogP contribution in [0.1, 0.15) is 23.6 Å². The molecular weight excluding hydrogens is 477 g/mol. The third kappa shape index (κ3) is 6.77. The molecule has 27 heavy (non-hydrogen) atoms. The summed E-state index contributed by atoms with van der Waals surface area (Å²) in [4.78, 5) is 4.27. The van der Waals surface area contributed by atoms with Crippen LogP contribution in [-0.2, 0) is 13.1 Å². The molecule has 2 aromatic rings. The Labute approximate surface area is 183 Å². The van der Waals surface area contributed by atoms with Crippen LogP contribution < -0.4 is 20.1 Å². The minimum atomic E-state index is 0. The van der Waals surface area contributed by atoms with Gasteiger partial charge in [0.1, 0.15) is 0 Å². The summed E-state index contributed by atoms with van der Waals surface area (Å²) in [7, 11) is 3.35. The summed E-state index contributed by atoms with van der Waals surface area (Å²) in [6, 6.07) is 12.1. The van der Waals surface area contributed by atoms with Crippen LogP contribution in [0.3, 0.4) is 0 Å². The molecule has 2 aromatic carbocycles. The number of hydrogen-bond acceptors (Lipinski definition) is 3. The van der Waals surface area contributed by atoms with E-state index in [2.05, 4.69) is 34.7 Å². The molecule has 0 aliphatic carbocycles. The second kappa shape index (κ2) is 11.9. The number of aliphatic imine (C=N–C) groups is 1. The van der Waals surface area contributed by atoms with E-state index < -0.39 is 0 Å². The smallest absolute Gasteiger partial charge is 0.191 e. The average molecular weight is 504 g/mol. The standard InChI is InChI=1S/C20H26ClN3O2.HI/c1-5-26-19-17(21)10-15(11-18(19)25-4)12-23-20(22-3)24-13-16-9-7-6-8-14(16)2;/h6-11H,5,12-13H2,1-4H3,(H2,22,23,24);1H. The van der Waals surface area contributed by atoms with Crippen molar-refractivity contribution in [3.05, 3.63) is 58.1 Å². The van der Waals surface area contributed by atoms with Crippen LogP contribution in [0.2, 0.25) is 5.02 Å². The highest BCUT2D eigenvalue weighted by Crippen LogP contribution is 2.36. The Morgan fingerprint density at radius 3 is 2.48 bits per heavy atom. The number of halogens is 2. The van der Waals surface area contributed by atoms with Gasteiger partial charge in [-0.25, -0.2) is 0 Å². The van der Waals surface area contributed by atoms with Crippen molar-refractivity contribution in [3.63, 3.8) is 0 Å². The van der Waals surface area contributed by atoms with Crippen molar-refractivity contribution >= 4 is 41.5 Å². The third-order valence-electron chi connectivity index (χ3n) is 3.97. The molecule has 0 atom stereocenters. The fourth-order valence-corrected chi connectivity index (χ4v) is 2.84. The number of hydrogen-bond donors (Lipinski definition) is 2. The molecule has 2 N–H and O–H groups in total. The number of methoxy groups -OCH3 is 1.